The number of fused-ring (bicyclic) bond motifs is 5. The van der Waals surface area contributed by atoms with Crippen molar-refractivity contribution in [1.82, 2.24) is 9.55 Å². The number of benzene rings is 1. The Kier molecular flexibility index (Phi) is 5.95. The van der Waals surface area contributed by atoms with Crippen molar-refractivity contribution in [2.75, 3.05) is 0 Å². The number of aryl methyl sites for hydroxylation is 1. The molecule has 3 aromatic rings. The van der Waals surface area contributed by atoms with Crippen LogP contribution in [0.2, 0.25) is 0 Å². The highest BCUT2D eigenvalue weighted by Gasteiger charge is 2.45. The van der Waals surface area contributed by atoms with Crippen molar-refractivity contribution in [3.63, 3.8) is 0 Å². The maximum atomic E-state index is 13.5. The fourth-order valence-electron chi connectivity index (χ4n) is 5.62. The minimum Gasteiger partial charge on any atom is -0.475 e. The minimum atomic E-state index is -1.92. The second-order valence-corrected chi connectivity index (χ2v) is 9.97. The van der Waals surface area contributed by atoms with Gasteiger partial charge in [-0.2, -0.15) is 0 Å². The highest BCUT2D eigenvalue weighted by atomic mass is 16.7. The molecule has 0 spiro atoms. The highest BCUT2D eigenvalue weighted by Crippen LogP contribution is 2.41. The number of esters is 1. The molecule has 4 N–H and O–H groups in total. The van der Waals surface area contributed by atoms with E-state index in [1.165, 1.54) is 0 Å². The average molecular weight is 551 g/mol. The summed E-state index contributed by atoms with van der Waals surface area (Å²) in [5.41, 5.74) is 1.55. The summed E-state index contributed by atoms with van der Waals surface area (Å²) in [7, 11) is 0. The fraction of sp³-hybridized carbons (Fsp3) is 0.357. The standard InChI is InChI=1S/C28H26N2O10/c1-3-13-14-7-12(39-26-23(32)20(31)9-21(40-26)25(34)35)5-6-18(14)29-22-15(13)10-30-19(22)8-17-16(24(30)33)11-38-27(36)28(17,37)4-2/h5-9,20,23,26,31-32,37H,3-4,10-11H2,1-2H3,(H,34,35)/t20-,23+,26+,28-/m0/s1. The number of aliphatic hydroxyl groups is 3. The molecule has 0 saturated carbocycles. The normalized spacial score (nSPS) is 24.9. The number of aromatic nitrogens is 2. The van der Waals surface area contributed by atoms with Crippen LogP contribution in [0.1, 0.15) is 42.5 Å². The summed E-state index contributed by atoms with van der Waals surface area (Å²) in [6.07, 6.45) is -2.96. The molecule has 0 saturated heterocycles. The SMILES string of the molecule is CCc1c2c(nc3ccc(O[C@@H]4OC(C(=O)O)=C[C@H](O)[C@H]4O)cc13)-c1cc3c(c(=O)n1C2)COC(=O)[C@]3(O)CC. The largest absolute Gasteiger partial charge is 0.475 e. The quantitative estimate of drug-likeness (QED) is 0.261. The average Bonchev–Trinajstić information content (AvgIpc) is 3.30. The van der Waals surface area contributed by atoms with E-state index < -0.39 is 41.8 Å². The van der Waals surface area contributed by atoms with Crippen molar-refractivity contribution in [2.45, 2.75) is 63.9 Å². The molecule has 12 nitrogen and oxygen atoms in total. The van der Waals surface area contributed by atoms with Crippen LogP contribution in [0.15, 0.2) is 40.9 Å². The number of ether oxygens (including phenoxy) is 3. The van der Waals surface area contributed by atoms with Gasteiger partial charge in [0.1, 0.15) is 18.5 Å². The zero-order chi connectivity index (χ0) is 28.5. The lowest BCUT2D eigenvalue weighted by Crippen LogP contribution is -2.45. The summed E-state index contributed by atoms with van der Waals surface area (Å²) in [6, 6.07) is 6.59. The van der Waals surface area contributed by atoms with Crippen LogP contribution >= 0.6 is 0 Å². The lowest BCUT2D eigenvalue weighted by atomic mass is 9.86. The number of aliphatic carboxylic acids is 1. The Morgan fingerprint density at radius 2 is 1.98 bits per heavy atom. The summed E-state index contributed by atoms with van der Waals surface area (Å²) in [5.74, 6) is -2.48. The Bertz CT molecular complexity index is 1690. The van der Waals surface area contributed by atoms with E-state index in [1.807, 2.05) is 6.92 Å². The molecule has 0 amide bonds. The molecule has 2 aromatic heterocycles. The lowest BCUT2D eigenvalue weighted by Gasteiger charge is -2.31. The van der Waals surface area contributed by atoms with Crippen molar-refractivity contribution in [1.29, 1.82) is 0 Å². The maximum Gasteiger partial charge on any atom is 0.371 e. The van der Waals surface area contributed by atoms with Crippen LogP contribution in [0.25, 0.3) is 22.3 Å². The Hall–Kier alpha value is -4.26. The first-order valence-corrected chi connectivity index (χ1v) is 12.8. The van der Waals surface area contributed by atoms with Gasteiger partial charge < -0.3 is 39.2 Å². The molecule has 12 heteroatoms. The third kappa shape index (κ3) is 3.71. The van der Waals surface area contributed by atoms with Crippen molar-refractivity contribution in [2.24, 2.45) is 0 Å². The second kappa shape index (κ2) is 9.15. The summed E-state index contributed by atoms with van der Waals surface area (Å²) in [5, 5.41) is 41.4. The Morgan fingerprint density at radius 3 is 2.67 bits per heavy atom. The van der Waals surface area contributed by atoms with E-state index in [0.717, 1.165) is 17.2 Å². The number of carbonyl (C=O) groups is 2. The monoisotopic (exact) mass is 550 g/mol. The maximum absolute atomic E-state index is 13.5. The van der Waals surface area contributed by atoms with Gasteiger partial charge in [0.15, 0.2) is 11.7 Å². The van der Waals surface area contributed by atoms with Crippen molar-refractivity contribution in [3.05, 3.63) is 68.7 Å². The van der Waals surface area contributed by atoms with Crippen molar-refractivity contribution >= 4 is 22.8 Å². The van der Waals surface area contributed by atoms with E-state index in [4.69, 9.17) is 19.2 Å². The molecule has 0 unspecified atom stereocenters. The zero-order valence-corrected chi connectivity index (χ0v) is 21.6. The molecule has 6 rings (SSSR count). The van der Waals surface area contributed by atoms with E-state index in [9.17, 15) is 34.8 Å². The zero-order valence-electron chi connectivity index (χ0n) is 21.6. The molecule has 0 aliphatic carbocycles. The first kappa shape index (κ1) is 26.0. The van der Waals surface area contributed by atoms with Gasteiger partial charge in [-0.1, -0.05) is 13.8 Å². The van der Waals surface area contributed by atoms with E-state index in [1.54, 1.807) is 35.8 Å². The van der Waals surface area contributed by atoms with Crippen LogP contribution in [0.5, 0.6) is 5.75 Å². The third-order valence-electron chi connectivity index (χ3n) is 7.79. The van der Waals surface area contributed by atoms with Crippen LogP contribution < -0.4 is 10.3 Å². The molecule has 3 aliphatic heterocycles. The molecule has 208 valence electrons. The van der Waals surface area contributed by atoms with Gasteiger partial charge in [0.2, 0.25) is 5.76 Å². The number of pyridine rings is 2. The molecule has 3 aliphatic rings. The molecule has 0 bridgehead atoms. The van der Waals surface area contributed by atoms with Crippen LogP contribution in [-0.2, 0) is 44.2 Å². The number of nitrogens with zero attached hydrogens (tertiary/aromatic N) is 2. The molecular weight excluding hydrogens is 524 g/mol. The van der Waals surface area contributed by atoms with Crippen LogP contribution in [0, 0.1) is 0 Å². The van der Waals surface area contributed by atoms with Crippen molar-refractivity contribution in [3.8, 4) is 17.1 Å². The molecule has 5 heterocycles. The molecule has 0 fully saturated rings. The van der Waals surface area contributed by atoms with Gasteiger partial charge >= 0.3 is 11.9 Å². The molecule has 4 atom stereocenters. The van der Waals surface area contributed by atoms with E-state index in [0.29, 0.717) is 28.7 Å². The topological polar surface area (TPSA) is 178 Å². The summed E-state index contributed by atoms with van der Waals surface area (Å²) in [4.78, 5) is 42.1. The number of cyclic esters (lactones) is 1. The number of hydrogen-bond donors (Lipinski definition) is 4. The van der Waals surface area contributed by atoms with Gasteiger partial charge in [0.05, 0.1) is 29.0 Å². The Morgan fingerprint density at radius 1 is 1.20 bits per heavy atom. The minimum absolute atomic E-state index is 0.0445. The van der Waals surface area contributed by atoms with Gasteiger partial charge in [0.25, 0.3) is 11.8 Å². The second-order valence-electron chi connectivity index (χ2n) is 9.97. The van der Waals surface area contributed by atoms with E-state index in [-0.39, 0.29) is 42.0 Å². The predicted octanol–water partition coefficient (Wildman–Crippen LogP) is 1.07. The Labute approximate surface area is 226 Å². The van der Waals surface area contributed by atoms with Gasteiger partial charge in [-0.3, -0.25) is 4.79 Å². The first-order valence-electron chi connectivity index (χ1n) is 12.8. The number of carboxylic acids is 1. The van der Waals surface area contributed by atoms with Gasteiger partial charge in [-0.05, 0) is 48.7 Å². The number of rotatable bonds is 5. The summed E-state index contributed by atoms with van der Waals surface area (Å²) >= 11 is 0. The summed E-state index contributed by atoms with van der Waals surface area (Å²) in [6.45, 7) is 3.61. The Balaban J connectivity index is 1.43. The van der Waals surface area contributed by atoms with E-state index >= 15 is 0 Å². The predicted molar refractivity (Wildman–Crippen MR) is 137 cm³/mol. The van der Waals surface area contributed by atoms with Crippen molar-refractivity contribution < 1.29 is 44.2 Å². The lowest BCUT2D eigenvalue weighted by molar-refractivity contribution is -0.172. The van der Waals surface area contributed by atoms with Gasteiger partial charge in [0, 0.05) is 16.5 Å². The number of carbonyl (C=O) groups excluding carboxylic acids is 1. The molecule has 1 aromatic carbocycles. The third-order valence-corrected chi connectivity index (χ3v) is 7.79. The number of carboxylic acid groups (broad SMARTS) is 1. The molecular formula is C28H26N2O10. The smallest absolute Gasteiger partial charge is 0.371 e. The molecule has 40 heavy (non-hydrogen) atoms. The van der Waals surface area contributed by atoms with Crippen LogP contribution in [-0.4, -0.2) is 60.4 Å². The van der Waals surface area contributed by atoms with E-state index in [2.05, 4.69) is 0 Å². The highest BCUT2D eigenvalue weighted by molar-refractivity contribution is 5.90. The summed E-state index contributed by atoms with van der Waals surface area (Å²) < 4.78 is 17.7. The number of aliphatic hydroxyl groups excluding tert-OH is 2. The van der Waals surface area contributed by atoms with Crippen LogP contribution in [0.4, 0.5) is 0 Å². The molecule has 0 radical (unpaired) electrons. The fourth-order valence-corrected chi connectivity index (χ4v) is 5.62. The van der Waals surface area contributed by atoms with Crippen LogP contribution in [0.3, 0.4) is 0 Å². The number of hydrogen-bond acceptors (Lipinski definition) is 10. The van der Waals surface area contributed by atoms with Gasteiger partial charge in [-0.15, -0.1) is 0 Å². The van der Waals surface area contributed by atoms with Gasteiger partial charge in [-0.25, -0.2) is 14.6 Å². The first-order chi connectivity index (χ1) is 19.1.